The minimum atomic E-state index is -4.18. The van der Waals surface area contributed by atoms with Crippen LogP contribution in [0.5, 0.6) is 17.2 Å². The number of ether oxygens (including phenoxy) is 3. The predicted molar refractivity (Wildman–Crippen MR) is 119 cm³/mol. The normalized spacial score (nSPS) is 11.4. The number of rotatable bonds is 11. The predicted octanol–water partition coefficient (Wildman–Crippen LogP) is 7.70. The molecule has 3 aromatic rings. The number of benzene rings is 3. The van der Waals surface area contributed by atoms with E-state index in [1.165, 1.54) is 13.0 Å². The van der Waals surface area contributed by atoms with Gasteiger partial charge in [0.25, 0.3) is 0 Å². The number of halogens is 6. The van der Waals surface area contributed by atoms with Crippen molar-refractivity contribution in [1.82, 2.24) is 0 Å². The van der Waals surface area contributed by atoms with Crippen molar-refractivity contribution in [1.29, 1.82) is 0 Å². The Morgan fingerprint density at radius 3 is 1.91 bits per heavy atom. The molecule has 0 saturated heterocycles. The van der Waals surface area contributed by atoms with E-state index in [1.54, 1.807) is 12.1 Å². The van der Waals surface area contributed by atoms with Crippen LogP contribution in [0.4, 0.5) is 26.3 Å². The van der Waals surface area contributed by atoms with Crippen molar-refractivity contribution >= 4 is 0 Å². The van der Waals surface area contributed by atoms with Gasteiger partial charge in [0.2, 0.25) is 17.5 Å². The maximum absolute atomic E-state index is 14.6. The summed E-state index contributed by atoms with van der Waals surface area (Å²) in [7, 11) is 0. The van der Waals surface area contributed by atoms with Crippen LogP contribution < -0.4 is 14.2 Å². The summed E-state index contributed by atoms with van der Waals surface area (Å²) >= 11 is 0. The molecule has 0 saturated carbocycles. The summed E-state index contributed by atoms with van der Waals surface area (Å²) in [4.78, 5) is 0. The van der Waals surface area contributed by atoms with E-state index in [1.807, 2.05) is 12.1 Å². The van der Waals surface area contributed by atoms with Crippen LogP contribution in [0.1, 0.15) is 32.3 Å². The van der Waals surface area contributed by atoms with E-state index in [4.69, 9.17) is 9.47 Å². The van der Waals surface area contributed by atoms with Crippen LogP contribution in [-0.4, -0.2) is 19.3 Å². The van der Waals surface area contributed by atoms with Gasteiger partial charge in [0.1, 0.15) is 0 Å². The smallest absolute Gasteiger partial charge is 0.433 e. The Balaban J connectivity index is 1.70. The van der Waals surface area contributed by atoms with Crippen molar-refractivity contribution in [3.05, 3.63) is 77.4 Å². The van der Waals surface area contributed by atoms with E-state index in [0.717, 1.165) is 43.0 Å². The molecular formula is C26H24F6O3. The van der Waals surface area contributed by atoms with Crippen LogP contribution in [0.15, 0.2) is 48.5 Å². The van der Waals surface area contributed by atoms with Gasteiger partial charge in [-0.25, -0.2) is 4.39 Å². The van der Waals surface area contributed by atoms with E-state index >= 15 is 0 Å². The topological polar surface area (TPSA) is 27.7 Å². The molecule has 0 aromatic heterocycles. The molecule has 0 spiro atoms. The molecule has 0 radical (unpaired) electrons. The van der Waals surface area contributed by atoms with Gasteiger partial charge in [-0.05, 0) is 55.2 Å². The zero-order valence-electron chi connectivity index (χ0n) is 19.1. The van der Waals surface area contributed by atoms with E-state index in [2.05, 4.69) is 11.7 Å². The maximum atomic E-state index is 14.6. The molecule has 0 aliphatic rings. The number of unbranched alkanes of at least 4 members (excludes halogenated alkanes) is 1. The molecule has 0 bridgehead atoms. The molecule has 0 heterocycles. The largest absolute Gasteiger partial charge is 0.491 e. The first-order valence-electron chi connectivity index (χ1n) is 11.0. The van der Waals surface area contributed by atoms with Gasteiger partial charge in [-0.2, -0.15) is 22.0 Å². The second kappa shape index (κ2) is 11.4. The second-order valence-corrected chi connectivity index (χ2v) is 7.69. The molecule has 35 heavy (non-hydrogen) atoms. The van der Waals surface area contributed by atoms with Gasteiger partial charge < -0.3 is 14.2 Å². The molecule has 3 nitrogen and oxygen atoms in total. The van der Waals surface area contributed by atoms with E-state index in [0.29, 0.717) is 5.56 Å². The third-order valence-corrected chi connectivity index (χ3v) is 5.10. The highest BCUT2D eigenvalue weighted by Crippen LogP contribution is 2.33. The lowest BCUT2D eigenvalue weighted by Crippen LogP contribution is -2.33. The Bertz CT molecular complexity index is 1150. The Hall–Kier alpha value is -3.36. The van der Waals surface area contributed by atoms with Gasteiger partial charge >= 0.3 is 6.11 Å². The van der Waals surface area contributed by atoms with Crippen LogP contribution in [0.25, 0.3) is 11.1 Å². The van der Waals surface area contributed by atoms with Crippen molar-refractivity contribution in [2.75, 3.05) is 13.2 Å². The molecule has 0 unspecified atom stereocenters. The molecule has 3 aromatic carbocycles. The average molecular weight is 498 g/mol. The summed E-state index contributed by atoms with van der Waals surface area (Å²) in [5.74, 6) is -8.26. The van der Waals surface area contributed by atoms with Crippen LogP contribution in [0.2, 0.25) is 0 Å². The quantitative estimate of drug-likeness (QED) is 0.254. The molecule has 3 rings (SSSR count). The van der Waals surface area contributed by atoms with Gasteiger partial charge in [0, 0.05) is 5.56 Å². The van der Waals surface area contributed by atoms with Crippen LogP contribution in [0, 0.1) is 23.3 Å². The van der Waals surface area contributed by atoms with E-state index in [9.17, 15) is 26.3 Å². The van der Waals surface area contributed by atoms with Gasteiger partial charge in [0.05, 0.1) is 6.61 Å². The lowest BCUT2D eigenvalue weighted by atomic mass is 10.0. The maximum Gasteiger partial charge on any atom is 0.433 e. The number of hydrogen-bond acceptors (Lipinski definition) is 3. The third kappa shape index (κ3) is 6.41. The molecule has 0 N–H and O–H groups in total. The van der Waals surface area contributed by atoms with Crippen molar-refractivity contribution in [3.8, 4) is 28.4 Å². The summed E-state index contributed by atoms with van der Waals surface area (Å²) in [6, 6.07) is 10.8. The Morgan fingerprint density at radius 1 is 0.686 bits per heavy atom. The fourth-order valence-electron chi connectivity index (χ4n) is 3.31. The molecule has 0 aliphatic heterocycles. The van der Waals surface area contributed by atoms with Crippen molar-refractivity contribution in [2.45, 2.75) is 39.2 Å². The Morgan fingerprint density at radius 2 is 1.26 bits per heavy atom. The third-order valence-electron chi connectivity index (χ3n) is 5.10. The second-order valence-electron chi connectivity index (χ2n) is 7.69. The average Bonchev–Trinajstić information content (AvgIpc) is 2.84. The zero-order chi connectivity index (χ0) is 25.6. The highest BCUT2D eigenvalue weighted by Gasteiger charge is 2.35. The van der Waals surface area contributed by atoms with Crippen LogP contribution >= 0.6 is 0 Å². The van der Waals surface area contributed by atoms with Crippen molar-refractivity contribution in [2.24, 2.45) is 0 Å². The Kier molecular flexibility index (Phi) is 8.53. The minimum Gasteiger partial charge on any atom is -0.491 e. The first-order valence-corrected chi connectivity index (χ1v) is 11.0. The van der Waals surface area contributed by atoms with E-state index < -0.39 is 53.2 Å². The van der Waals surface area contributed by atoms with Crippen molar-refractivity contribution in [3.63, 3.8) is 0 Å². The monoisotopic (exact) mass is 498 g/mol. The SMILES string of the molecule is CCCCc1ccc(-c2ccc(OCC(F)(F)Oc3ccc(OCC)c(F)c3F)c(F)c2F)cc1. The number of hydrogen-bond donors (Lipinski definition) is 0. The standard InChI is InChI=1S/C26H24F6O3/c1-3-5-6-16-7-9-17(10-8-16)18-11-12-20(23(28)22(18)27)34-15-26(31,32)35-21-14-13-19(33-4-2)24(29)25(21)30/h7-14H,3-6,15H2,1-2H3. The molecule has 0 fully saturated rings. The summed E-state index contributed by atoms with van der Waals surface area (Å²) in [5, 5.41) is 0. The highest BCUT2D eigenvalue weighted by molar-refractivity contribution is 5.65. The lowest BCUT2D eigenvalue weighted by molar-refractivity contribution is -0.197. The fourth-order valence-corrected chi connectivity index (χ4v) is 3.31. The molecule has 0 atom stereocenters. The number of alkyl halides is 2. The molecular weight excluding hydrogens is 474 g/mol. The summed E-state index contributed by atoms with van der Waals surface area (Å²) in [5.41, 5.74) is 1.41. The lowest BCUT2D eigenvalue weighted by Gasteiger charge is -2.20. The van der Waals surface area contributed by atoms with E-state index in [-0.39, 0.29) is 12.2 Å². The van der Waals surface area contributed by atoms with Crippen LogP contribution in [0.3, 0.4) is 0 Å². The highest BCUT2D eigenvalue weighted by atomic mass is 19.3. The minimum absolute atomic E-state index is 0.0335. The van der Waals surface area contributed by atoms with Gasteiger partial charge in [-0.1, -0.05) is 37.6 Å². The van der Waals surface area contributed by atoms with Crippen molar-refractivity contribution < 1.29 is 40.6 Å². The first kappa shape index (κ1) is 26.2. The molecule has 9 heteroatoms. The van der Waals surface area contributed by atoms with Gasteiger partial charge in [-0.15, -0.1) is 0 Å². The van der Waals surface area contributed by atoms with Gasteiger partial charge in [0.15, 0.2) is 29.7 Å². The summed E-state index contributed by atoms with van der Waals surface area (Å²) < 4.78 is 99.2. The van der Waals surface area contributed by atoms with Gasteiger partial charge in [-0.3, -0.25) is 0 Å². The molecule has 0 aliphatic carbocycles. The fraction of sp³-hybridized carbons (Fsp3) is 0.308. The molecule has 0 amide bonds. The summed E-state index contributed by atoms with van der Waals surface area (Å²) in [6.45, 7) is 2.05. The Labute approximate surface area is 199 Å². The summed E-state index contributed by atoms with van der Waals surface area (Å²) in [6.07, 6.45) is -1.29. The number of aryl methyl sites for hydroxylation is 1. The zero-order valence-corrected chi connectivity index (χ0v) is 19.1. The molecule has 188 valence electrons. The van der Waals surface area contributed by atoms with Crippen LogP contribution in [-0.2, 0) is 6.42 Å². The first-order chi connectivity index (χ1) is 16.7.